The molecule has 0 radical (unpaired) electrons. The molecule has 4 rings (SSSR count). The minimum Gasteiger partial charge on any atom is -0.496 e. The number of hydrogen-bond donors (Lipinski definition) is 0. The molecule has 28 heavy (non-hydrogen) atoms. The summed E-state index contributed by atoms with van der Waals surface area (Å²) in [6, 6.07) is 22.1. The van der Waals surface area contributed by atoms with Gasteiger partial charge in [-0.2, -0.15) is 0 Å². The number of fused-ring (bicyclic) bond motifs is 1. The summed E-state index contributed by atoms with van der Waals surface area (Å²) < 4.78 is 16.6. The maximum absolute atomic E-state index is 12.1. The van der Waals surface area contributed by atoms with Gasteiger partial charge in [0.05, 0.1) is 12.1 Å². The summed E-state index contributed by atoms with van der Waals surface area (Å²) in [6.07, 6.45) is 0. The first-order valence-corrected chi connectivity index (χ1v) is 9.11. The van der Waals surface area contributed by atoms with Gasteiger partial charge in [0, 0.05) is 23.1 Å². The molecule has 140 valence electrons. The molecule has 0 amide bonds. The molecule has 0 spiro atoms. The number of methoxy groups -OCH3 is 1. The Hall–Kier alpha value is -3.24. The Morgan fingerprint density at radius 2 is 1.68 bits per heavy atom. The lowest BCUT2D eigenvalue weighted by atomic mass is 10.0. The molecule has 0 unspecified atom stereocenters. The fraction of sp³-hybridized carbons (Fsp3) is 0.0870. The lowest BCUT2D eigenvalue weighted by Crippen LogP contribution is -2.01. The van der Waals surface area contributed by atoms with Crippen molar-refractivity contribution in [2.75, 3.05) is 7.11 Å². The van der Waals surface area contributed by atoms with Gasteiger partial charge < -0.3 is 13.9 Å². The predicted molar refractivity (Wildman–Crippen MR) is 110 cm³/mol. The van der Waals surface area contributed by atoms with E-state index in [2.05, 4.69) is 0 Å². The zero-order chi connectivity index (χ0) is 19.5. The first-order chi connectivity index (χ1) is 13.7. The summed E-state index contributed by atoms with van der Waals surface area (Å²) in [5, 5.41) is 1.19. The first-order valence-electron chi connectivity index (χ1n) is 8.73. The van der Waals surface area contributed by atoms with Crippen LogP contribution >= 0.6 is 11.6 Å². The molecule has 0 bridgehead atoms. The average Bonchev–Trinajstić information content (AvgIpc) is 2.73. The van der Waals surface area contributed by atoms with Gasteiger partial charge in [0.15, 0.2) is 0 Å². The van der Waals surface area contributed by atoms with Gasteiger partial charge in [-0.25, -0.2) is 4.79 Å². The molecular formula is C23H17ClO4. The number of benzene rings is 3. The predicted octanol–water partition coefficient (Wildman–Crippen LogP) is 5.70. The Balaban J connectivity index is 1.74. The Labute approximate surface area is 166 Å². The molecule has 0 saturated carbocycles. The van der Waals surface area contributed by atoms with Gasteiger partial charge in [0.1, 0.15) is 23.7 Å². The molecule has 0 aliphatic rings. The third kappa shape index (κ3) is 3.59. The van der Waals surface area contributed by atoms with Crippen molar-refractivity contribution >= 4 is 22.6 Å². The van der Waals surface area contributed by atoms with Crippen LogP contribution in [-0.2, 0) is 6.61 Å². The zero-order valence-electron chi connectivity index (χ0n) is 15.1. The Kier molecular flexibility index (Phi) is 5.04. The molecule has 0 aliphatic heterocycles. The Bertz CT molecular complexity index is 1180. The van der Waals surface area contributed by atoms with Crippen molar-refractivity contribution in [2.45, 2.75) is 6.61 Å². The van der Waals surface area contributed by atoms with Gasteiger partial charge in [-0.05, 0) is 23.3 Å². The number of halogens is 1. The number of hydrogen-bond acceptors (Lipinski definition) is 4. The monoisotopic (exact) mass is 392 g/mol. The van der Waals surface area contributed by atoms with Crippen LogP contribution in [0.3, 0.4) is 0 Å². The highest BCUT2D eigenvalue weighted by Crippen LogP contribution is 2.35. The third-order valence-corrected chi connectivity index (χ3v) is 4.75. The minimum atomic E-state index is -0.427. The summed E-state index contributed by atoms with van der Waals surface area (Å²) in [5.41, 5.74) is 2.57. The molecule has 1 heterocycles. The van der Waals surface area contributed by atoms with Crippen LogP contribution in [-0.4, -0.2) is 7.11 Å². The van der Waals surface area contributed by atoms with Crippen LogP contribution in [0.5, 0.6) is 11.5 Å². The highest BCUT2D eigenvalue weighted by Gasteiger charge is 2.13. The minimum absolute atomic E-state index is 0.276. The van der Waals surface area contributed by atoms with E-state index in [9.17, 15) is 4.79 Å². The third-order valence-electron chi connectivity index (χ3n) is 4.46. The van der Waals surface area contributed by atoms with Gasteiger partial charge in [0.25, 0.3) is 0 Å². The highest BCUT2D eigenvalue weighted by atomic mass is 35.5. The number of para-hydroxylation sites is 1. The second-order valence-electron chi connectivity index (χ2n) is 6.22. The second kappa shape index (κ2) is 7.79. The maximum Gasteiger partial charge on any atom is 0.336 e. The van der Waals surface area contributed by atoms with Crippen LogP contribution in [0.2, 0.25) is 5.02 Å². The van der Waals surface area contributed by atoms with E-state index in [-0.39, 0.29) is 6.61 Å². The molecule has 5 heteroatoms. The van der Waals surface area contributed by atoms with E-state index in [0.717, 1.165) is 27.8 Å². The van der Waals surface area contributed by atoms with Gasteiger partial charge in [-0.1, -0.05) is 60.1 Å². The highest BCUT2D eigenvalue weighted by molar-refractivity contribution is 6.33. The molecule has 0 fully saturated rings. The van der Waals surface area contributed by atoms with E-state index in [0.29, 0.717) is 16.4 Å². The number of ether oxygens (including phenoxy) is 2. The van der Waals surface area contributed by atoms with Gasteiger partial charge in [-0.15, -0.1) is 0 Å². The smallest absolute Gasteiger partial charge is 0.336 e. The molecule has 4 nitrogen and oxygen atoms in total. The van der Waals surface area contributed by atoms with Crippen LogP contribution in [0.4, 0.5) is 0 Å². The molecule has 3 aromatic carbocycles. The van der Waals surface area contributed by atoms with E-state index >= 15 is 0 Å². The second-order valence-corrected chi connectivity index (χ2v) is 6.63. The van der Waals surface area contributed by atoms with Crippen molar-refractivity contribution in [3.63, 3.8) is 0 Å². The van der Waals surface area contributed by atoms with Crippen molar-refractivity contribution in [1.29, 1.82) is 0 Å². The van der Waals surface area contributed by atoms with Crippen LogP contribution in [0.15, 0.2) is 82.0 Å². The number of rotatable bonds is 5. The average molecular weight is 393 g/mol. The molecule has 0 saturated heterocycles. The topological polar surface area (TPSA) is 48.7 Å². The largest absolute Gasteiger partial charge is 0.496 e. The van der Waals surface area contributed by atoms with Gasteiger partial charge in [0.2, 0.25) is 0 Å². The standard InChI is InChI=1S/C23H17ClO4/c1-26-20-10-6-5-9-16(20)14-27-22-13-21-18(11-19(22)24)17(12-23(25)28-21)15-7-3-2-4-8-15/h2-13H,14H2,1H3. The van der Waals surface area contributed by atoms with Crippen molar-refractivity contribution in [3.05, 3.63) is 93.8 Å². The van der Waals surface area contributed by atoms with Gasteiger partial charge in [-0.3, -0.25) is 0 Å². The lowest BCUT2D eigenvalue weighted by Gasteiger charge is -2.13. The fourth-order valence-corrected chi connectivity index (χ4v) is 3.33. The summed E-state index contributed by atoms with van der Waals surface area (Å²) >= 11 is 6.47. The molecule has 0 N–H and O–H groups in total. The van der Waals surface area contributed by atoms with Crippen molar-refractivity contribution in [1.82, 2.24) is 0 Å². The van der Waals surface area contributed by atoms with Crippen molar-refractivity contribution in [3.8, 4) is 22.6 Å². The first kappa shape index (κ1) is 18.1. The Morgan fingerprint density at radius 1 is 0.929 bits per heavy atom. The summed E-state index contributed by atoms with van der Waals surface area (Å²) in [6.45, 7) is 0.276. The van der Waals surface area contributed by atoms with Crippen LogP contribution in [0, 0.1) is 0 Å². The normalized spacial score (nSPS) is 10.8. The van der Waals surface area contributed by atoms with Crippen LogP contribution in [0.1, 0.15) is 5.56 Å². The van der Waals surface area contributed by atoms with E-state index in [4.69, 9.17) is 25.5 Å². The molecule has 1 aromatic heterocycles. The van der Waals surface area contributed by atoms with Crippen LogP contribution < -0.4 is 15.1 Å². The van der Waals surface area contributed by atoms with Crippen LogP contribution in [0.25, 0.3) is 22.1 Å². The quantitative estimate of drug-likeness (QED) is 0.409. The lowest BCUT2D eigenvalue weighted by molar-refractivity contribution is 0.297. The van der Waals surface area contributed by atoms with E-state index < -0.39 is 5.63 Å². The molecule has 0 aliphatic carbocycles. The summed E-state index contributed by atoms with van der Waals surface area (Å²) in [7, 11) is 1.61. The Morgan fingerprint density at radius 3 is 2.46 bits per heavy atom. The maximum atomic E-state index is 12.1. The van der Waals surface area contributed by atoms with Crippen molar-refractivity contribution < 1.29 is 13.9 Å². The fourth-order valence-electron chi connectivity index (χ4n) is 3.11. The van der Waals surface area contributed by atoms with E-state index in [1.54, 1.807) is 19.2 Å². The van der Waals surface area contributed by atoms with Gasteiger partial charge >= 0.3 is 5.63 Å². The van der Waals surface area contributed by atoms with Crippen molar-refractivity contribution in [2.24, 2.45) is 0 Å². The summed E-state index contributed by atoms with van der Waals surface area (Å²) in [4.78, 5) is 12.1. The zero-order valence-corrected chi connectivity index (χ0v) is 15.9. The molecular weight excluding hydrogens is 376 g/mol. The van der Waals surface area contributed by atoms with E-state index in [1.807, 2.05) is 54.6 Å². The summed E-state index contributed by atoms with van der Waals surface area (Å²) in [5.74, 6) is 1.17. The molecule has 0 atom stereocenters. The SMILES string of the molecule is COc1ccccc1COc1cc2oc(=O)cc(-c3ccccc3)c2cc1Cl. The van der Waals surface area contributed by atoms with E-state index in [1.165, 1.54) is 6.07 Å². The molecule has 4 aromatic rings.